The number of nitrogens with zero attached hydrogens (tertiary/aromatic N) is 2. The molecule has 1 amide bonds. The Labute approximate surface area is 146 Å². The van der Waals surface area contributed by atoms with E-state index in [2.05, 4.69) is 21.4 Å². The number of nitriles is 1. The molecular formula is C20H18N4O. The Morgan fingerprint density at radius 2 is 1.92 bits per heavy atom. The minimum atomic E-state index is -0.151. The number of carbonyl (C=O) groups is 1. The van der Waals surface area contributed by atoms with E-state index in [0.29, 0.717) is 11.3 Å². The van der Waals surface area contributed by atoms with Gasteiger partial charge in [-0.3, -0.25) is 9.79 Å². The number of aliphatic imine (C=N–C) groups is 1. The monoisotopic (exact) mass is 330 g/mol. The molecule has 0 spiro atoms. The number of nitrogens with one attached hydrogen (secondary N) is 2. The third-order valence-electron chi connectivity index (χ3n) is 3.85. The van der Waals surface area contributed by atoms with E-state index in [1.54, 1.807) is 12.1 Å². The molecule has 1 aliphatic rings. The molecule has 2 aromatic carbocycles. The standard InChI is InChI=1S/C18H12N4O.C2H6/c19-9-11-4-3-5-12(8-11)16-18-17(22-15(23)10-20-16)13-6-1-2-7-14(13)21-18;1-2/h1-8,21H,10H2,(H,22,23);1-2H3. The molecule has 2 N–H and O–H groups in total. The number of rotatable bonds is 1. The van der Waals surface area contributed by atoms with Crippen LogP contribution < -0.4 is 5.32 Å². The van der Waals surface area contributed by atoms with Crippen molar-refractivity contribution >= 4 is 28.2 Å². The minimum absolute atomic E-state index is 0.0585. The van der Waals surface area contributed by atoms with Crippen LogP contribution in [0.1, 0.15) is 30.7 Å². The molecule has 1 aromatic heterocycles. The number of H-pyrrole nitrogens is 1. The molecule has 25 heavy (non-hydrogen) atoms. The van der Waals surface area contributed by atoms with Crippen LogP contribution in [0.2, 0.25) is 0 Å². The molecule has 5 heteroatoms. The number of hydrogen-bond acceptors (Lipinski definition) is 3. The second-order valence-electron chi connectivity index (χ2n) is 5.33. The van der Waals surface area contributed by atoms with E-state index in [1.165, 1.54) is 0 Å². The van der Waals surface area contributed by atoms with Gasteiger partial charge in [-0.2, -0.15) is 5.26 Å². The first kappa shape index (κ1) is 16.5. The van der Waals surface area contributed by atoms with Gasteiger partial charge in [0, 0.05) is 16.5 Å². The van der Waals surface area contributed by atoms with E-state index in [4.69, 9.17) is 5.26 Å². The maximum Gasteiger partial charge on any atom is 0.246 e. The average molecular weight is 330 g/mol. The van der Waals surface area contributed by atoms with E-state index in [1.807, 2.05) is 50.2 Å². The Morgan fingerprint density at radius 1 is 1.12 bits per heavy atom. The molecule has 5 nitrogen and oxygen atoms in total. The van der Waals surface area contributed by atoms with E-state index >= 15 is 0 Å². The summed E-state index contributed by atoms with van der Waals surface area (Å²) in [7, 11) is 0. The molecule has 1 aliphatic heterocycles. The van der Waals surface area contributed by atoms with Gasteiger partial charge in [0.15, 0.2) is 0 Å². The van der Waals surface area contributed by atoms with Gasteiger partial charge < -0.3 is 10.3 Å². The zero-order valence-electron chi connectivity index (χ0n) is 14.1. The van der Waals surface area contributed by atoms with Crippen molar-refractivity contribution in [2.24, 2.45) is 4.99 Å². The first-order valence-corrected chi connectivity index (χ1v) is 8.22. The lowest BCUT2D eigenvalue weighted by molar-refractivity contribution is -0.114. The molecule has 2 heterocycles. The lowest BCUT2D eigenvalue weighted by Gasteiger charge is -2.06. The van der Waals surface area contributed by atoms with Gasteiger partial charge in [0.05, 0.1) is 28.7 Å². The van der Waals surface area contributed by atoms with Crippen molar-refractivity contribution in [3.63, 3.8) is 0 Å². The molecule has 0 fully saturated rings. The minimum Gasteiger partial charge on any atom is -0.351 e. The Bertz CT molecular complexity index is 1010. The molecule has 0 atom stereocenters. The summed E-state index contributed by atoms with van der Waals surface area (Å²) in [5.41, 5.74) is 4.51. The van der Waals surface area contributed by atoms with Crippen molar-refractivity contribution < 1.29 is 4.79 Å². The summed E-state index contributed by atoms with van der Waals surface area (Å²) >= 11 is 0. The predicted octanol–water partition coefficient (Wildman–Crippen LogP) is 3.86. The number of para-hydroxylation sites is 1. The van der Waals surface area contributed by atoms with Gasteiger partial charge in [0.2, 0.25) is 5.91 Å². The predicted molar refractivity (Wildman–Crippen MR) is 99.9 cm³/mol. The fraction of sp³-hybridized carbons (Fsp3) is 0.150. The SMILES string of the molecule is CC.N#Cc1cccc(C2=NCC(=O)Nc3c2[nH]c2ccccc32)c1. The number of carbonyl (C=O) groups excluding carboxylic acids is 1. The molecule has 0 radical (unpaired) electrons. The summed E-state index contributed by atoms with van der Waals surface area (Å²) in [6.07, 6.45) is 0. The van der Waals surface area contributed by atoms with Crippen molar-refractivity contribution in [2.75, 3.05) is 11.9 Å². The third-order valence-corrected chi connectivity index (χ3v) is 3.85. The Morgan fingerprint density at radius 3 is 2.72 bits per heavy atom. The fourth-order valence-electron chi connectivity index (χ4n) is 2.83. The molecule has 3 aromatic rings. The highest BCUT2D eigenvalue weighted by Crippen LogP contribution is 2.31. The third kappa shape index (κ3) is 3.02. The first-order valence-electron chi connectivity index (χ1n) is 8.22. The van der Waals surface area contributed by atoms with Gasteiger partial charge in [-0.15, -0.1) is 0 Å². The summed E-state index contributed by atoms with van der Waals surface area (Å²) in [4.78, 5) is 19.8. The molecule has 0 aliphatic carbocycles. The number of amides is 1. The van der Waals surface area contributed by atoms with E-state index < -0.39 is 0 Å². The molecule has 0 saturated carbocycles. The Kier molecular flexibility index (Phi) is 4.62. The Hall–Kier alpha value is -3.39. The van der Waals surface area contributed by atoms with Crippen LogP contribution in [-0.4, -0.2) is 23.1 Å². The molecular weight excluding hydrogens is 312 g/mol. The molecule has 0 bridgehead atoms. The van der Waals surface area contributed by atoms with Crippen LogP contribution in [-0.2, 0) is 4.79 Å². The van der Waals surface area contributed by atoms with Crippen molar-refractivity contribution in [3.8, 4) is 6.07 Å². The van der Waals surface area contributed by atoms with Crippen LogP contribution in [0.3, 0.4) is 0 Å². The maximum atomic E-state index is 12.0. The molecule has 4 rings (SSSR count). The lowest BCUT2D eigenvalue weighted by Crippen LogP contribution is -2.13. The zero-order chi connectivity index (χ0) is 17.8. The molecule has 0 unspecified atom stereocenters. The lowest BCUT2D eigenvalue weighted by atomic mass is 10.0. The van der Waals surface area contributed by atoms with E-state index in [-0.39, 0.29) is 12.5 Å². The first-order chi connectivity index (χ1) is 12.3. The number of benzene rings is 2. The normalized spacial score (nSPS) is 12.8. The number of aromatic amines is 1. The quantitative estimate of drug-likeness (QED) is 0.710. The summed E-state index contributed by atoms with van der Waals surface area (Å²) < 4.78 is 0. The van der Waals surface area contributed by atoms with Crippen LogP contribution in [0.5, 0.6) is 0 Å². The van der Waals surface area contributed by atoms with Crippen LogP contribution in [0, 0.1) is 11.3 Å². The van der Waals surface area contributed by atoms with Crippen LogP contribution >= 0.6 is 0 Å². The highest BCUT2D eigenvalue weighted by Gasteiger charge is 2.22. The molecule has 0 saturated heterocycles. The highest BCUT2D eigenvalue weighted by molar-refractivity contribution is 6.22. The van der Waals surface area contributed by atoms with Gasteiger partial charge >= 0.3 is 0 Å². The van der Waals surface area contributed by atoms with Gasteiger partial charge in [-0.25, -0.2) is 0 Å². The number of aromatic nitrogens is 1. The van der Waals surface area contributed by atoms with Crippen molar-refractivity contribution in [1.29, 1.82) is 5.26 Å². The average Bonchev–Trinajstić information content (AvgIpc) is 2.93. The van der Waals surface area contributed by atoms with Crippen molar-refractivity contribution in [1.82, 2.24) is 4.98 Å². The number of hydrogen-bond donors (Lipinski definition) is 2. The number of fused-ring (bicyclic) bond motifs is 3. The highest BCUT2D eigenvalue weighted by atomic mass is 16.1. The van der Waals surface area contributed by atoms with Gasteiger partial charge in [0.25, 0.3) is 0 Å². The zero-order valence-corrected chi connectivity index (χ0v) is 14.1. The second kappa shape index (κ2) is 7.02. The smallest absolute Gasteiger partial charge is 0.246 e. The van der Waals surface area contributed by atoms with Gasteiger partial charge in [-0.05, 0) is 18.2 Å². The van der Waals surface area contributed by atoms with Crippen molar-refractivity contribution in [2.45, 2.75) is 13.8 Å². The topological polar surface area (TPSA) is 81.0 Å². The van der Waals surface area contributed by atoms with E-state index in [0.717, 1.165) is 27.8 Å². The fourth-order valence-corrected chi connectivity index (χ4v) is 2.83. The maximum absolute atomic E-state index is 12.0. The van der Waals surface area contributed by atoms with Gasteiger partial charge in [0.1, 0.15) is 6.54 Å². The van der Waals surface area contributed by atoms with Gasteiger partial charge in [-0.1, -0.05) is 44.2 Å². The Balaban J connectivity index is 0.000000880. The largest absolute Gasteiger partial charge is 0.351 e. The number of anilines is 1. The van der Waals surface area contributed by atoms with Crippen LogP contribution in [0.4, 0.5) is 5.69 Å². The second-order valence-corrected chi connectivity index (χ2v) is 5.33. The van der Waals surface area contributed by atoms with Crippen LogP contribution in [0.15, 0.2) is 53.5 Å². The summed E-state index contributed by atoms with van der Waals surface area (Å²) in [5.74, 6) is -0.151. The summed E-state index contributed by atoms with van der Waals surface area (Å²) in [5, 5.41) is 13.0. The summed E-state index contributed by atoms with van der Waals surface area (Å²) in [6, 6.07) is 17.2. The van der Waals surface area contributed by atoms with E-state index in [9.17, 15) is 4.79 Å². The molecule has 124 valence electrons. The van der Waals surface area contributed by atoms with Crippen LogP contribution in [0.25, 0.3) is 10.9 Å². The van der Waals surface area contributed by atoms with Crippen molar-refractivity contribution in [3.05, 3.63) is 65.4 Å². The summed E-state index contributed by atoms with van der Waals surface area (Å²) in [6.45, 7) is 4.06.